The molecule has 12 heteroatoms. The zero-order valence-electron chi connectivity index (χ0n) is 23.2. The molecular formula is C28H33N9O3. The molecule has 0 spiro atoms. The number of esters is 1. The van der Waals surface area contributed by atoms with Crippen molar-refractivity contribution in [3.8, 4) is 11.5 Å². The van der Waals surface area contributed by atoms with E-state index in [4.69, 9.17) is 9.15 Å². The minimum Gasteiger partial charge on any atom is -0.442 e. The first-order chi connectivity index (χ1) is 19.2. The molecule has 12 nitrogen and oxygen atoms in total. The van der Waals surface area contributed by atoms with Crippen LogP contribution in [-0.4, -0.2) is 60.3 Å². The van der Waals surface area contributed by atoms with Crippen molar-refractivity contribution in [2.45, 2.75) is 65.1 Å². The summed E-state index contributed by atoms with van der Waals surface area (Å²) in [5, 5.41) is 20.4. The average molecular weight is 544 g/mol. The third-order valence-corrected chi connectivity index (χ3v) is 7.54. The van der Waals surface area contributed by atoms with Gasteiger partial charge in [-0.15, -0.1) is 10.2 Å². The van der Waals surface area contributed by atoms with E-state index in [9.17, 15) is 4.79 Å². The van der Waals surface area contributed by atoms with Crippen LogP contribution >= 0.6 is 0 Å². The fraction of sp³-hybridized carbons (Fsp3) is 0.464. The number of nitrogens with zero attached hydrogens (tertiary/aromatic N) is 8. The van der Waals surface area contributed by atoms with Crippen molar-refractivity contribution in [3.63, 3.8) is 0 Å². The van der Waals surface area contributed by atoms with E-state index >= 15 is 0 Å². The van der Waals surface area contributed by atoms with E-state index in [2.05, 4.69) is 67.0 Å². The predicted octanol–water partition coefficient (Wildman–Crippen LogP) is 3.41. The first-order valence-electron chi connectivity index (χ1n) is 13.5. The fourth-order valence-corrected chi connectivity index (χ4v) is 5.13. The van der Waals surface area contributed by atoms with Crippen LogP contribution in [0.4, 0.5) is 12.0 Å². The number of hydrogen-bond acceptors (Lipinski definition) is 11. The van der Waals surface area contributed by atoms with E-state index in [1.165, 1.54) is 11.1 Å². The molecule has 1 fully saturated rings. The molecule has 6 rings (SSSR count). The summed E-state index contributed by atoms with van der Waals surface area (Å²) in [5.74, 6) is 0.666. The maximum absolute atomic E-state index is 12.1. The SMILES string of the molecule is CC(C)(C)C(=O)OCn1cc(C2(C)CCN(c3nnc(-c4cnc(NC5Cc6ccccc6C5)nc4)o3)C2)nn1. The third kappa shape index (κ3) is 5.25. The van der Waals surface area contributed by atoms with Gasteiger partial charge in [-0.3, -0.25) is 4.79 Å². The van der Waals surface area contributed by atoms with E-state index in [-0.39, 0.29) is 24.2 Å². The van der Waals surface area contributed by atoms with Crippen LogP contribution < -0.4 is 10.2 Å². The van der Waals surface area contributed by atoms with Crippen molar-refractivity contribution in [3.05, 3.63) is 59.7 Å². The average Bonchev–Trinajstić information content (AvgIpc) is 3.73. The van der Waals surface area contributed by atoms with E-state index in [0.717, 1.165) is 31.5 Å². The molecule has 1 aliphatic heterocycles. The number of benzene rings is 1. The van der Waals surface area contributed by atoms with Crippen molar-refractivity contribution >= 4 is 17.9 Å². The molecule has 0 saturated carbocycles. The van der Waals surface area contributed by atoms with Gasteiger partial charge in [-0.05, 0) is 51.2 Å². The van der Waals surface area contributed by atoms with Gasteiger partial charge < -0.3 is 19.4 Å². The molecule has 40 heavy (non-hydrogen) atoms. The molecule has 1 saturated heterocycles. The van der Waals surface area contributed by atoms with E-state index in [1.807, 2.05) is 31.9 Å². The number of hydrogen-bond donors (Lipinski definition) is 1. The highest BCUT2D eigenvalue weighted by Crippen LogP contribution is 2.35. The predicted molar refractivity (Wildman–Crippen MR) is 146 cm³/mol. The highest BCUT2D eigenvalue weighted by Gasteiger charge is 2.40. The second kappa shape index (κ2) is 10.00. The lowest BCUT2D eigenvalue weighted by atomic mass is 9.86. The second-order valence-electron chi connectivity index (χ2n) is 11.9. The molecule has 0 amide bonds. The van der Waals surface area contributed by atoms with Gasteiger partial charge in [-0.25, -0.2) is 14.6 Å². The maximum atomic E-state index is 12.1. The summed E-state index contributed by atoms with van der Waals surface area (Å²) in [6, 6.07) is 9.22. The van der Waals surface area contributed by atoms with Crippen LogP contribution in [-0.2, 0) is 34.5 Å². The summed E-state index contributed by atoms with van der Waals surface area (Å²) in [6.07, 6.45) is 7.99. The molecule has 1 aromatic carbocycles. The normalized spacial score (nSPS) is 19.1. The molecule has 1 aliphatic carbocycles. The highest BCUT2D eigenvalue weighted by molar-refractivity contribution is 5.75. The molecule has 208 valence electrons. The summed E-state index contributed by atoms with van der Waals surface area (Å²) in [4.78, 5) is 23.1. The van der Waals surface area contributed by atoms with Gasteiger partial charge in [0.15, 0.2) is 6.73 Å². The number of carbonyl (C=O) groups is 1. The molecule has 1 N–H and O–H groups in total. The molecule has 1 atom stereocenters. The lowest BCUT2D eigenvalue weighted by Crippen LogP contribution is -2.28. The molecule has 3 aromatic heterocycles. The summed E-state index contributed by atoms with van der Waals surface area (Å²) >= 11 is 0. The molecule has 0 radical (unpaired) electrons. The van der Waals surface area contributed by atoms with Crippen LogP contribution in [0.2, 0.25) is 0 Å². The number of aromatic nitrogens is 7. The first kappa shape index (κ1) is 25.9. The van der Waals surface area contributed by atoms with Gasteiger partial charge >= 0.3 is 12.0 Å². The quantitative estimate of drug-likeness (QED) is 0.343. The van der Waals surface area contributed by atoms with Gasteiger partial charge in [0.05, 0.1) is 22.9 Å². The fourth-order valence-electron chi connectivity index (χ4n) is 5.13. The van der Waals surface area contributed by atoms with Crippen molar-refractivity contribution in [2.24, 2.45) is 5.41 Å². The minimum atomic E-state index is -0.571. The van der Waals surface area contributed by atoms with Gasteiger partial charge in [0.25, 0.3) is 5.89 Å². The van der Waals surface area contributed by atoms with Crippen LogP contribution in [0.5, 0.6) is 0 Å². The van der Waals surface area contributed by atoms with Crippen LogP contribution in [0, 0.1) is 5.41 Å². The van der Waals surface area contributed by atoms with E-state index < -0.39 is 5.41 Å². The summed E-state index contributed by atoms with van der Waals surface area (Å²) in [7, 11) is 0. The zero-order chi connectivity index (χ0) is 27.9. The Balaban J connectivity index is 1.06. The van der Waals surface area contributed by atoms with Gasteiger partial charge in [0.1, 0.15) is 0 Å². The van der Waals surface area contributed by atoms with Gasteiger partial charge in [-0.2, -0.15) is 0 Å². The minimum absolute atomic E-state index is 0.0284. The van der Waals surface area contributed by atoms with Gasteiger partial charge in [0, 0.05) is 36.9 Å². The third-order valence-electron chi connectivity index (χ3n) is 7.54. The topological polar surface area (TPSA) is 137 Å². The Bertz CT molecular complexity index is 1480. The Morgan fingerprint density at radius 2 is 1.85 bits per heavy atom. The van der Waals surface area contributed by atoms with Crippen molar-refractivity contribution < 1.29 is 13.9 Å². The molecule has 2 aliphatic rings. The van der Waals surface area contributed by atoms with Crippen molar-refractivity contribution in [2.75, 3.05) is 23.3 Å². The summed E-state index contributed by atoms with van der Waals surface area (Å²) in [5.41, 5.74) is 3.39. The smallest absolute Gasteiger partial charge is 0.318 e. The Morgan fingerprint density at radius 3 is 2.55 bits per heavy atom. The largest absolute Gasteiger partial charge is 0.442 e. The molecular weight excluding hydrogens is 510 g/mol. The lowest BCUT2D eigenvalue weighted by Gasteiger charge is -2.21. The second-order valence-corrected chi connectivity index (χ2v) is 11.9. The number of nitrogens with one attached hydrogen (secondary N) is 1. The number of carbonyl (C=O) groups excluding carboxylic acids is 1. The lowest BCUT2D eigenvalue weighted by molar-refractivity contribution is -0.157. The van der Waals surface area contributed by atoms with Gasteiger partial charge in [-0.1, -0.05) is 41.5 Å². The molecule has 4 heterocycles. The van der Waals surface area contributed by atoms with E-state index in [0.29, 0.717) is 30.0 Å². The maximum Gasteiger partial charge on any atom is 0.318 e. The van der Waals surface area contributed by atoms with E-state index in [1.54, 1.807) is 17.1 Å². The highest BCUT2D eigenvalue weighted by atomic mass is 16.5. The number of anilines is 2. The Hall–Kier alpha value is -4.35. The summed E-state index contributed by atoms with van der Waals surface area (Å²) in [6.45, 7) is 8.97. The summed E-state index contributed by atoms with van der Waals surface area (Å²) < 4.78 is 12.9. The van der Waals surface area contributed by atoms with Crippen LogP contribution in [0.15, 0.2) is 47.3 Å². The molecule has 4 aromatic rings. The molecule has 0 bridgehead atoms. The van der Waals surface area contributed by atoms with Crippen LogP contribution in [0.3, 0.4) is 0 Å². The number of fused-ring (bicyclic) bond motifs is 1. The van der Waals surface area contributed by atoms with Gasteiger partial charge in [0.2, 0.25) is 5.95 Å². The Kier molecular flexibility index (Phi) is 6.47. The van der Waals surface area contributed by atoms with Crippen LogP contribution in [0.25, 0.3) is 11.5 Å². The van der Waals surface area contributed by atoms with Crippen molar-refractivity contribution in [1.29, 1.82) is 0 Å². The van der Waals surface area contributed by atoms with Crippen molar-refractivity contribution in [1.82, 2.24) is 35.2 Å². The standard InChI is InChI=1S/C28H33N9O3/c1-27(2,3)24(38)39-17-37-15-22(32-35-37)28(4)9-10-36(16-28)26-34-33-23(40-26)20-13-29-25(30-14-20)31-21-11-18-7-5-6-8-19(18)12-21/h5-8,13-15,21H,9-12,16-17H2,1-4H3,(H,29,30,31). The first-order valence-corrected chi connectivity index (χ1v) is 13.5. The van der Waals surface area contributed by atoms with Crippen LogP contribution in [0.1, 0.15) is 50.9 Å². The zero-order valence-corrected chi connectivity index (χ0v) is 23.2. The Morgan fingerprint density at radius 1 is 1.12 bits per heavy atom. The number of ether oxygens (including phenoxy) is 1. The number of rotatable bonds is 7. The Labute approximate surface area is 232 Å². The monoisotopic (exact) mass is 543 g/mol. The molecule has 1 unspecified atom stereocenters.